The minimum absolute atomic E-state index is 0.0544. The van der Waals surface area contributed by atoms with Gasteiger partial charge in [-0.05, 0) is 18.1 Å². The summed E-state index contributed by atoms with van der Waals surface area (Å²) in [7, 11) is 0. The largest absolute Gasteiger partial charge is 0.373 e. The van der Waals surface area contributed by atoms with E-state index in [1.807, 2.05) is 0 Å². The first-order valence-electron chi connectivity index (χ1n) is 6.27. The van der Waals surface area contributed by atoms with E-state index in [1.165, 1.54) is 0 Å². The van der Waals surface area contributed by atoms with Gasteiger partial charge in [-0.25, -0.2) is 0 Å². The Morgan fingerprint density at radius 1 is 1.50 bits per heavy atom. The standard InChI is InChI=1S/C14H16N2O2/c1-8(2)12-6-11-10(7-18-12)13-9(14(17)16-11)4-3-5-15-13/h3-5,8,12H,6-7H2,1-2H3,(H,16,17). The normalized spacial score (nSPS) is 19.2. The Morgan fingerprint density at radius 3 is 3.11 bits per heavy atom. The summed E-state index contributed by atoms with van der Waals surface area (Å²) in [5.41, 5.74) is 2.73. The molecular formula is C14H16N2O2. The maximum absolute atomic E-state index is 12.0. The Hall–Kier alpha value is -1.68. The molecular weight excluding hydrogens is 228 g/mol. The quantitative estimate of drug-likeness (QED) is 0.835. The molecule has 0 saturated heterocycles. The summed E-state index contributed by atoms with van der Waals surface area (Å²) in [4.78, 5) is 19.3. The van der Waals surface area contributed by atoms with Crippen molar-refractivity contribution in [2.24, 2.45) is 5.92 Å². The van der Waals surface area contributed by atoms with Gasteiger partial charge in [-0.2, -0.15) is 0 Å². The van der Waals surface area contributed by atoms with Crippen molar-refractivity contribution < 1.29 is 4.74 Å². The fourth-order valence-electron chi connectivity index (χ4n) is 2.46. The summed E-state index contributed by atoms with van der Waals surface area (Å²) in [6.07, 6.45) is 2.65. The number of pyridine rings is 2. The fraction of sp³-hybridized carbons (Fsp3) is 0.429. The summed E-state index contributed by atoms with van der Waals surface area (Å²) in [5, 5.41) is 0.642. The van der Waals surface area contributed by atoms with E-state index in [9.17, 15) is 4.79 Å². The van der Waals surface area contributed by atoms with E-state index < -0.39 is 0 Å². The van der Waals surface area contributed by atoms with E-state index >= 15 is 0 Å². The van der Waals surface area contributed by atoms with Crippen LogP contribution in [0.15, 0.2) is 23.1 Å². The number of aromatic amines is 1. The van der Waals surface area contributed by atoms with Crippen LogP contribution in [0.3, 0.4) is 0 Å². The van der Waals surface area contributed by atoms with Crippen LogP contribution in [-0.2, 0) is 17.8 Å². The van der Waals surface area contributed by atoms with Crippen LogP contribution in [0, 0.1) is 5.92 Å². The summed E-state index contributed by atoms with van der Waals surface area (Å²) < 4.78 is 5.85. The molecule has 0 radical (unpaired) electrons. The lowest BCUT2D eigenvalue weighted by Gasteiger charge is -2.28. The average Bonchev–Trinajstić information content (AvgIpc) is 2.38. The lowest BCUT2D eigenvalue weighted by atomic mass is 9.96. The molecule has 0 aliphatic carbocycles. The van der Waals surface area contributed by atoms with Gasteiger partial charge in [-0.3, -0.25) is 9.78 Å². The van der Waals surface area contributed by atoms with Gasteiger partial charge in [0.25, 0.3) is 5.56 Å². The Morgan fingerprint density at radius 2 is 2.33 bits per heavy atom. The predicted molar refractivity (Wildman–Crippen MR) is 69.5 cm³/mol. The maximum atomic E-state index is 12.0. The zero-order chi connectivity index (χ0) is 12.7. The fourth-order valence-corrected chi connectivity index (χ4v) is 2.46. The third-order valence-corrected chi connectivity index (χ3v) is 3.56. The minimum Gasteiger partial charge on any atom is -0.373 e. The number of ether oxygens (including phenoxy) is 1. The first kappa shape index (κ1) is 11.4. The van der Waals surface area contributed by atoms with E-state index in [4.69, 9.17) is 4.74 Å². The van der Waals surface area contributed by atoms with Gasteiger partial charge in [0.05, 0.1) is 23.6 Å². The summed E-state index contributed by atoms with van der Waals surface area (Å²) in [6.45, 7) is 4.79. The van der Waals surface area contributed by atoms with Crippen LogP contribution >= 0.6 is 0 Å². The molecule has 3 rings (SSSR count). The topological polar surface area (TPSA) is 55.0 Å². The van der Waals surface area contributed by atoms with Gasteiger partial charge in [-0.15, -0.1) is 0 Å². The summed E-state index contributed by atoms with van der Waals surface area (Å²) in [6, 6.07) is 3.58. The van der Waals surface area contributed by atoms with Crippen molar-refractivity contribution >= 4 is 10.9 Å². The number of nitrogens with one attached hydrogen (secondary N) is 1. The predicted octanol–water partition coefficient (Wildman–Crippen LogP) is 2.02. The van der Waals surface area contributed by atoms with Gasteiger partial charge in [0, 0.05) is 23.9 Å². The molecule has 0 amide bonds. The van der Waals surface area contributed by atoms with Crippen molar-refractivity contribution in [3.63, 3.8) is 0 Å². The molecule has 3 heterocycles. The SMILES string of the molecule is CC(C)C1Cc2[nH]c(=O)c3cccnc3c2CO1. The van der Waals surface area contributed by atoms with Crippen molar-refractivity contribution in [1.82, 2.24) is 9.97 Å². The van der Waals surface area contributed by atoms with Crippen molar-refractivity contribution in [3.8, 4) is 0 Å². The number of fused-ring (bicyclic) bond motifs is 3. The van der Waals surface area contributed by atoms with Gasteiger partial charge < -0.3 is 9.72 Å². The second-order valence-corrected chi connectivity index (χ2v) is 5.11. The zero-order valence-electron chi connectivity index (χ0n) is 10.6. The van der Waals surface area contributed by atoms with Crippen molar-refractivity contribution in [2.45, 2.75) is 33.0 Å². The van der Waals surface area contributed by atoms with E-state index in [0.717, 1.165) is 23.2 Å². The highest BCUT2D eigenvalue weighted by molar-refractivity contribution is 5.81. The van der Waals surface area contributed by atoms with Crippen LogP contribution in [0.5, 0.6) is 0 Å². The third-order valence-electron chi connectivity index (χ3n) is 3.56. The Labute approximate surface area is 105 Å². The van der Waals surface area contributed by atoms with E-state index in [0.29, 0.717) is 17.9 Å². The van der Waals surface area contributed by atoms with Crippen LogP contribution in [-0.4, -0.2) is 16.1 Å². The number of rotatable bonds is 1. The van der Waals surface area contributed by atoms with Gasteiger partial charge in [0.2, 0.25) is 0 Å². The second-order valence-electron chi connectivity index (χ2n) is 5.11. The lowest BCUT2D eigenvalue weighted by molar-refractivity contribution is -0.000910. The number of aromatic nitrogens is 2. The molecule has 2 aromatic rings. The molecule has 0 saturated carbocycles. The molecule has 1 unspecified atom stereocenters. The maximum Gasteiger partial charge on any atom is 0.257 e. The van der Waals surface area contributed by atoms with Crippen LogP contribution in [0.2, 0.25) is 0 Å². The number of hydrogen-bond acceptors (Lipinski definition) is 3. The van der Waals surface area contributed by atoms with Crippen molar-refractivity contribution in [3.05, 3.63) is 39.9 Å². The van der Waals surface area contributed by atoms with E-state index in [1.54, 1.807) is 18.3 Å². The molecule has 0 aromatic carbocycles. The van der Waals surface area contributed by atoms with E-state index in [-0.39, 0.29) is 11.7 Å². The third kappa shape index (κ3) is 1.73. The summed E-state index contributed by atoms with van der Waals surface area (Å²) in [5.74, 6) is 0.445. The van der Waals surface area contributed by atoms with Gasteiger partial charge in [0.15, 0.2) is 0 Å². The molecule has 18 heavy (non-hydrogen) atoms. The molecule has 2 aromatic heterocycles. The number of hydrogen-bond donors (Lipinski definition) is 1. The van der Waals surface area contributed by atoms with Crippen LogP contribution in [0.1, 0.15) is 25.1 Å². The highest BCUT2D eigenvalue weighted by Crippen LogP contribution is 2.26. The van der Waals surface area contributed by atoms with Crippen LogP contribution in [0.25, 0.3) is 10.9 Å². The average molecular weight is 244 g/mol. The molecule has 94 valence electrons. The van der Waals surface area contributed by atoms with Crippen LogP contribution in [0.4, 0.5) is 0 Å². The lowest BCUT2D eigenvalue weighted by Crippen LogP contribution is -2.30. The monoisotopic (exact) mass is 244 g/mol. The minimum atomic E-state index is -0.0544. The first-order valence-corrected chi connectivity index (χ1v) is 6.27. The summed E-state index contributed by atoms with van der Waals surface area (Å²) >= 11 is 0. The highest BCUT2D eigenvalue weighted by atomic mass is 16.5. The molecule has 4 heteroatoms. The Balaban J connectivity index is 2.18. The van der Waals surface area contributed by atoms with Crippen molar-refractivity contribution in [2.75, 3.05) is 0 Å². The molecule has 1 atom stereocenters. The highest BCUT2D eigenvalue weighted by Gasteiger charge is 2.24. The number of nitrogens with zero attached hydrogens (tertiary/aromatic N) is 1. The molecule has 1 aliphatic rings. The second kappa shape index (κ2) is 4.21. The number of H-pyrrole nitrogens is 1. The smallest absolute Gasteiger partial charge is 0.257 e. The van der Waals surface area contributed by atoms with Crippen molar-refractivity contribution in [1.29, 1.82) is 0 Å². The van der Waals surface area contributed by atoms with Crippen LogP contribution < -0.4 is 5.56 Å². The molecule has 4 nitrogen and oxygen atoms in total. The Bertz CT molecular complexity index is 646. The Kier molecular flexibility index (Phi) is 2.67. The van der Waals surface area contributed by atoms with E-state index in [2.05, 4.69) is 23.8 Å². The van der Waals surface area contributed by atoms with Gasteiger partial charge in [0.1, 0.15) is 0 Å². The molecule has 0 spiro atoms. The van der Waals surface area contributed by atoms with Gasteiger partial charge >= 0.3 is 0 Å². The molecule has 0 bridgehead atoms. The molecule has 1 N–H and O–H groups in total. The first-order chi connectivity index (χ1) is 8.66. The van der Waals surface area contributed by atoms with Gasteiger partial charge in [-0.1, -0.05) is 13.8 Å². The molecule has 0 fully saturated rings. The zero-order valence-corrected chi connectivity index (χ0v) is 10.6. The molecule has 1 aliphatic heterocycles.